The van der Waals surface area contributed by atoms with Crippen LogP contribution in [0.2, 0.25) is 0 Å². The molecule has 0 spiro atoms. The number of hydrogen-bond donors (Lipinski definition) is 1. The van der Waals surface area contributed by atoms with Crippen LogP contribution in [0.5, 0.6) is 0 Å². The van der Waals surface area contributed by atoms with E-state index in [1.54, 1.807) is 0 Å². The van der Waals surface area contributed by atoms with Gasteiger partial charge in [0, 0.05) is 32.5 Å². The molecule has 1 saturated heterocycles. The summed E-state index contributed by atoms with van der Waals surface area (Å²) in [6.45, 7) is 3.96. The van der Waals surface area contributed by atoms with Crippen molar-refractivity contribution in [2.24, 2.45) is 18.9 Å². The highest BCUT2D eigenvalue weighted by molar-refractivity contribution is 5.75. The first-order chi connectivity index (χ1) is 9.63. The molecule has 4 nitrogen and oxygen atoms in total. The van der Waals surface area contributed by atoms with Gasteiger partial charge in [-0.15, -0.1) is 0 Å². The van der Waals surface area contributed by atoms with Crippen LogP contribution < -0.4 is 5.32 Å². The second-order valence-electron chi connectivity index (χ2n) is 6.49. The Balaban J connectivity index is 1.57. The minimum Gasteiger partial charge on any atom is -0.357 e. The molecule has 2 amide bonds. The molecular formula is C16H25N3O. The second kappa shape index (κ2) is 5.51. The van der Waals surface area contributed by atoms with E-state index in [1.165, 1.54) is 25.7 Å². The van der Waals surface area contributed by atoms with E-state index < -0.39 is 0 Å². The lowest BCUT2D eigenvalue weighted by Crippen LogP contribution is -2.39. The first-order valence-corrected chi connectivity index (χ1v) is 7.81. The quantitative estimate of drug-likeness (QED) is 0.885. The number of rotatable bonds is 2. The number of fused-ring (bicyclic) bond motifs is 1. The van der Waals surface area contributed by atoms with Crippen molar-refractivity contribution in [3.63, 3.8) is 0 Å². The molecule has 0 radical (unpaired) electrons. The van der Waals surface area contributed by atoms with Crippen molar-refractivity contribution in [3.05, 3.63) is 24.0 Å². The van der Waals surface area contributed by atoms with Gasteiger partial charge in [-0.1, -0.05) is 12.8 Å². The minimum absolute atomic E-state index is 0.0753. The normalized spacial score (nSPS) is 27.2. The van der Waals surface area contributed by atoms with Gasteiger partial charge in [-0.2, -0.15) is 0 Å². The molecule has 1 aromatic heterocycles. The zero-order valence-electron chi connectivity index (χ0n) is 12.5. The summed E-state index contributed by atoms with van der Waals surface area (Å²) in [4.78, 5) is 14.4. The van der Waals surface area contributed by atoms with E-state index in [9.17, 15) is 4.79 Å². The van der Waals surface area contributed by atoms with E-state index in [-0.39, 0.29) is 12.1 Å². The van der Waals surface area contributed by atoms with Crippen LogP contribution in [0.3, 0.4) is 0 Å². The number of amides is 2. The lowest BCUT2D eigenvalue weighted by Gasteiger charge is -2.22. The first kappa shape index (κ1) is 13.5. The van der Waals surface area contributed by atoms with Crippen LogP contribution in [0, 0.1) is 11.8 Å². The predicted molar refractivity (Wildman–Crippen MR) is 79.4 cm³/mol. The molecule has 3 atom stereocenters. The highest BCUT2D eigenvalue weighted by Crippen LogP contribution is 2.36. The first-order valence-electron chi connectivity index (χ1n) is 7.81. The monoisotopic (exact) mass is 275 g/mol. The Bertz CT molecular complexity index is 468. The summed E-state index contributed by atoms with van der Waals surface area (Å²) >= 11 is 0. The Kier molecular flexibility index (Phi) is 3.72. The van der Waals surface area contributed by atoms with Crippen LogP contribution >= 0.6 is 0 Å². The Hall–Kier alpha value is -1.45. The molecular weight excluding hydrogens is 250 g/mol. The zero-order chi connectivity index (χ0) is 14.1. The van der Waals surface area contributed by atoms with Gasteiger partial charge in [-0.25, -0.2) is 4.79 Å². The highest BCUT2D eigenvalue weighted by Gasteiger charge is 2.36. The van der Waals surface area contributed by atoms with Gasteiger partial charge in [0.2, 0.25) is 0 Å². The number of nitrogens with one attached hydrogen (secondary N) is 1. The maximum absolute atomic E-state index is 12.4. The molecule has 1 aliphatic heterocycles. The third kappa shape index (κ3) is 2.69. The maximum Gasteiger partial charge on any atom is 0.317 e. The van der Waals surface area contributed by atoms with E-state index in [1.807, 2.05) is 22.7 Å². The van der Waals surface area contributed by atoms with Crippen LogP contribution in [-0.2, 0) is 7.05 Å². The number of likely N-dealkylation sites (tertiary alicyclic amines) is 1. The summed E-state index contributed by atoms with van der Waals surface area (Å²) in [6, 6.07) is 2.25. The lowest BCUT2D eigenvalue weighted by molar-refractivity contribution is 0.203. The Labute approximate surface area is 121 Å². The van der Waals surface area contributed by atoms with Crippen molar-refractivity contribution in [1.29, 1.82) is 0 Å². The largest absolute Gasteiger partial charge is 0.357 e. The predicted octanol–water partition coefficient (Wildman–Crippen LogP) is 2.92. The number of nitrogens with zero attached hydrogens (tertiary/aromatic N) is 2. The molecule has 1 aromatic rings. The molecule has 2 heterocycles. The van der Waals surface area contributed by atoms with Crippen molar-refractivity contribution < 1.29 is 4.79 Å². The smallest absolute Gasteiger partial charge is 0.317 e. The Morgan fingerprint density at radius 2 is 1.95 bits per heavy atom. The van der Waals surface area contributed by atoms with E-state index in [2.05, 4.69) is 24.5 Å². The van der Waals surface area contributed by atoms with Crippen molar-refractivity contribution in [2.75, 3.05) is 13.1 Å². The Morgan fingerprint density at radius 3 is 2.50 bits per heavy atom. The molecule has 0 bridgehead atoms. The van der Waals surface area contributed by atoms with Gasteiger partial charge < -0.3 is 14.8 Å². The van der Waals surface area contributed by atoms with Gasteiger partial charge in [-0.05, 0) is 43.2 Å². The van der Waals surface area contributed by atoms with Crippen LogP contribution in [0.1, 0.15) is 44.2 Å². The number of aromatic nitrogens is 1. The molecule has 2 aliphatic rings. The molecule has 0 aromatic carbocycles. The molecule has 110 valence electrons. The average Bonchev–Trinajstić information content (AvgIpc) is 3.04. The van der Waals surface area contributed by atoms with E-state index in [4.69, 9.17) is 0 Å². The lowest BCUT2D eigenvalue weighted by atomic mass is 9.82. The fraction of sp³-hybridized carbons (Fsp3) is 0.688. The minimum atomic E-state index is 0.0753. The third-order valence-electron chi connectivity index (χ3n) is 4.96. The third-order valence-corrected chi connectivity index (χ3v) is 4.96. The number of carbonyl (C=O) groups excluding carboxylic acids is 1. The average molecular weight is 275 g/mol. The number of urea groups is 1. The van der Waals surface area contributed by atoms with Gasteiger partial charge in [0.15, 0.2) is 0 Å². The van der Waals surface area contributed by atoms with E-state index >= 15 is 0 Å². The van der Waals surface area contributed by atoms with Crippen molar-refractivity contribution in [1.82, 2.24) is 14.8 Å². The van der Waals surface area contributed by atoms with Crippen molar-refractivity contribution in [3.8, 4) is 0 Å². The SMILES string of the molecule is C[C@@H](NC(=O)N1C[C@H]2CCCC[C@H]2C1)c1ccn(C)c1. The topological polar surface area (TPSA) is 37.3 Å². The molecule has 20 heavy (non-hydrogen) atoms. The van der Waals surface area contributed by atoms with Gasteiger partial charge >= 0.3 is 6.03 Å². The number of carbonyl (C=O) groups is 1. The number of aryl methyl sites for hydroxylation is 1. The standard InChI is InChI=1S/C16H25N3O/c1-12(13-7-8-18(2)9-13)17-16(20)19-10-14-5-3-4-6-15(14)11-19/h7-9,12,14-15H,3-6,10-11H2,1-2H3,(H,17,20)/t12-,14-,15+/m1/s1. The summed E-state index contributed by atoms with van der Waals surface area (Å²) in [7, 11) is 2.00. The van der Waals surface area contributed by atoms with Gasteiger partial charge in [0.25, 0.3) is 0 Å². The van der Waals surface area contributed by atoms with Crippen LogP contribution in [0.15, 0.2) is 18.5 Å². The van der Waals surface area contributed by atoms with Crippen LogP contribution in [-0.4, -0.2) is 28.6 Å². The van der Waals surface area contributed by atoms with E-state index in [0.29, 0.717) is 0 Å². The molecule has 0 unspecified atom stereocenters. The summed E-state index contributed by atoms with van der Waals surface area (Å²) < 4.78 is 2.02. The maximum atomic E-state index is 12.4. The highest BCUT2D eigenvalue weighted by atomic mass is 16.2. The van der Waals surface area contributed by atoms with Gasteiger partial charge in [-0.3, -0.25) is 0 Å². The molecule has 4 heteroatoms. The Morgan fingerprint density at radius 1 is 1.30 bits per heavy atom. The molecule has 1 N–H and O–H groups in total. The summed E-state index contributed by atoms with van der Waals surface area (Å²) in [5.41, 5.74) is 1.16. The van der Waals surface area contributed by atoms with Gasteiger partial charge in [0.05, 0.1) is 6.04 Å². The molecule has 1 aliphatic carbocycles. The van der Waals surface area contributed by atoms with Crippen molar-refractivity contribution >= 4 is 6.03 Å². The van der Waals surface area contributed by atoms with E-state index in [0.717, 1.165) is 30.5 Å². The molecule has 2 fully saturated rings. The summed E-state index contributed by atoms with van der Waals surface area (Å²) in [5.74, 6) is 1.50. The van der Waals surface area contributed by atoms with Crippen LogP contribution in [0.4, 0.5) is 4.79 Å². The fourth-order valence-corrected chi connectivity index (χ4v) is 3.71. The van der Waals surface area contributed by atoms with Gasteiger partial charge in [0.1, 0.15) is 0 Å². The van der Waals surface area contributed by atoms with Crippen LogP contribution in [0.25, 0.3) is 0 Å². The summed E-state index contributed by atoms with van der Waals surface area (Å²) in [5, 5.41) is 3.13. The second-order valence-corrected chi connectivity index (χ2v) is 6.49. The fourth-order valence-electron chi connectivity index (χ4n) is 3.71. The molecule has 3 rings (SSSR count). The zero-order valence-corrected chi connectivity index (χ0v) is 12.5. The molecule has 1 saturated carbocycles. The van der Waals surface area contributed by atoms with Crippen molar-refractivity contribution in [2.45, 2.75) is 38.6 Å². The summed E-state index contributed by atoms with van der Waals surface area (Å²) in [6.07, 6.45) is 9.39. The number of hydrogen-bond acceptors (Lipinski definition) is 1.